The van der Waals surface area contributed by atoms with Gasteiger partial charge in [0.25, 0.3) is 0 Å². The van der Waals surface area contributed by atoms with Gasteiger partial charge >= 0.3 is 0 Å². The van der Waals surface area contributed by atoms with Gasteiger partial charge in [0.1, 0.15) is 17.4 Å². The van der Waals surface area contributed by atoms with Crippen LogP contribution in [0.15, 0.2) is 28.8 Å². The Morgan fingerprint density at radius 3 is 2.73 bits per heavy atom. The van der Waals surface area contributed by atoms with Crippen molar-refractivity contribution in [3.05, 3.63) is 47.1 Å². The van der Waals surface area contributed by atoms with Crippen LogP contribution in [0.25, 0.3) is 0 Å². The highest BCUT2D eigenvalue weighted by Crippen LogP contribution is 2.24. The summed E-state index contributed by atoms with van der Waals surface area (Å²) in [6.07, 6.45) is 0. The molecule has 1 saturated heterocycles. The summed E-state index contributed by atoms with van der Waals surface area (Å²) < 4.78 is 18.9. The number of hydrogen-bond donors (Lipinski definition) is 0. The maximum absolute atomic E-state index is 13.7. The molecule has 1 aliphatic heterocycles. The summed E-state index contributed by atoms with van der Waals surface area (Å²) in [6.45, 7) is 5.81. The van der Waals surface area contributed by atoms with E-state index in [1.54, 1.807) is 12.1 Å². The molecule has 0 aliphatic carbocycles. The molecule has 2 aromatic rings. The van der Waals surface area contributed by atoms with Crippen molar-refractivity contribution in [1.29, 1.82) is 5.26 Å². The van der Waals surface area contributed by atoms with Gasteiger partial charge in [-0.25, -0.2) is 4.39 Å². The molecule has 1 fully saturated rings. The Morgan fingerprint density at radius 2 is 2.09 bits per heavy atom. The molecular formula is C16H17FN4O. The maximum atomic E-state index is 13.7. The molecule has 0 radical (unpaired) electrons. The van der Waals surface area contributed by atoms with Crippen molar-refractivity contribution in [2.24, 2.45) is 0 Å². The highest BCUT2D eigenvalue weighted by molar-refractivity contribution is 5.60. The van der Waals surface area contributed by atoms with Crippen LogP contribution in [0.3, 0.4) is 0 Å². The maximum Gasteiger partial charge on any atom is 0.150 e. The van der Waals surface area contributed by atoms with E-state index in [0.717, 1.165) is 44.2 Å². The summed E-state index contributed by atoms with van der Waals surface area (Å²) in [6, 6.07) is 8.67. The zero-order chi connectivity index (χ0) is 15.5. The minimum atomic E-state index is -0.459. The molecule has 1 aromatic carbocycles. The van der Waals surface area contributed by atoms with E-state index in [1.165, 1.54) is 6.07 Å². The quantitative estimate of drug-likeness (QED) is 0.870. The van der Waals surface area contributed by atoms with Crippen molar-refractivity contribution >= 4 is 5.69 Å². The van der Waals surface area contributed by atoms with Gasteiger partial charge < -0.3 is 9.42 Å². The first-order valence-electron chi connectivity index (χ1n) is 7.25. The SMILES string of the molecule is Cc1cc(CN2CCN(c3cccc(F)c3C#N)CC2)on1. The molecule has 22 heavy (non-hydrogen) atoms. The van der Waals surface area contributed by atoms with Gasteiger partial charge in [-0.2, -0.15) is 5.26 Å². The lowest BCUT2D eigenvalue weighted by atomic mass is 10.1. The van der Waals surface area contributed by atoms with Crippen LogP contribution in [0.4, 0.5) is 10.1 Å². The smallest absolute Gasteiger partial charge is 0.150 e. The number of nitriles is 1. The highest BCUT2D eigenvalue weighted by atomic mass is 19.1. The van der Waals surface area contributed by atoms with E-state index in [4.69, 9.17) is 9.78 Å². The second-order valence-electron chi connectivity index (χ2n) is 5.44. The van der Waals surface area contributed by atoms with E-state index in [-0.39, 0.29) is 5.56 Å². The number of benzene rings is 1. The molecule has 0 saturated carbocycles. The molecule has 0 unspecified atom stereocenters. The lowest BCUT2D eigenvalue weighted by Crippen LogP contribution is -2.46. The van der Waals surface area contributed by atoms with Gasteiger partial charge in [0.05, 0.1) is 17.9 Å². The van der Waals surface area contributed by atoms with Crippen molar-refractivity contribution in [2.45, 2.75) is 13.5 Å². The Morgan fingerprint density at radius 1 is 1.32 bits per heavy atom. The molecule has 114 valence electrons. The molecule has 6 heteroatoms. The fourth-order valence-electron chi connectivity index (χ4n) is 2.75. The first-order chi connectivity index (χ1) is 10.7. The largest absolute Gasteiger partial charge is 0.368 e. The minimum Gasteiger partial charge on any atom is -0.368 e. The Labute approximate surface area is 128 Å². The number of piperazine rings is 1. The van der Waals surface area contributed by atoms with Crippen LogP contribution in [0.2, 0.25) is 0 Å². The number of hydrogen-bond acceptors (Lipinski definition) is 5. The Kier molecular flexibility index (Phi) is 4.07. The molecule has 0 atom stereocenters. The first kappa shape index (κ1) is 14.5. The van der Waals surface area contributed by atoms with Crippen LogP contribution >= 0.6 is 0 Å². The van der Waals surface area contributed by atoms with Crippen molar-refractivity contribution in [3.8, 4) is 6.07 Å². The van der Waals surface area contributed by atoms with E-state index < -0.39 is 5.82 Å². The summed E-state index contributed by atoms with van der Waals surface area (Å²) in [5.74, 6) is 0.397. The summed E-state index contributed by atoms with van der Waals surface area (Å²) in [7, 11) is 0. The minimum absolute atomic E-state index is 0.127. The van der Waals surface area contributed by atoms with Crippen molar-refractivity contribution < 1.29 is 8.91 Å². The summed E-state index contributed by atoms with van der Waals surface area (Å²) in [4.78, 5) is 4.32. The lowest BCUT2D eigenvalue weighted by Gasteiger charge is -2.36. The van der Waals surface area contributed by atoms with Gasteiger partial charge in [0, 0.05) is 32.2 Å². The van der Waals surface area contributed by atoms with Gasteiger partial charge in [-0.1, -0.05) is 11.2 Å². The lowest BCUT2D eigenvalue weighted by molar-refractivity contribution is 0.219. The standard InChI is InChI=1S/C16H17FN4O/c1-12-9-13(22-19-12)11-20-5-7-21(8-6-20)16-4-2-3-15(17)14(16)10-18/h2-4,9H,5-8,11H2,1H3. The van der Waals surface area contributed by atoms with E-state index >= 15 is 0 Å². The van der Waals surface area contributed by atoms with Crippen LogP contribution in [-0.2, 0) is 6.54 Å². The third kappa shape index (κ3) is 2.95. The second kappa shape index (κ2) is 6.16. The number of halogens is 1. The predicted octanol–water partition coefficient (Wildman–Crippen LogP) is 2.32. The molecule has 2 heterocycles. The van der Waals surface area contributed by atoms with E-state index in [9.17, 15) is 4.39 Å². The summed E-state index contributed by atoms with van der Waals surface area (Å²) in [5, 5.41) is 13.0. The van der Waals surface area contributed by atoms with Gasteiger partial charge in [0.2, 0.25) is 0 Å². The van der Waals surface area contributed by atoms with Gasteiger partial charge in [-0.3, -0.25) is 4.90 Å². The third-order valence-electron chi connectivity index (χ3n) is 3.87. The molecule has 5 nitrogen and oxygen atoms in total. The average Bonchev–Trinajstić information content (AvgIpc) is 2.93. The number of anilines is 1. The Hall–Kier alpha value is -2.39. The first-order valence-corrected chi connectivity index (χ1v) is 7.25. The van der Waals surface area contributed by atoms with E-state index in [2.05, 4.69) is 15.0 Å². The van der Waals surface area contributed by atoms with Crippen LogP contribution in [-0.4, -0.2) is 36.2 Å². The highest BCUT2D eigenvalue weighted by Gasteiger charge is 2.21. The zero-order valence-corrected chi connectivity index (χ0v) is 12.4. The monoisotopic (exact) mass is 300 g/mol. The molecule has 0 amide bonds. The Bertz CT molecular complexity index is 698. The number of nitrogens with zero attached hydrogens (tertiary/aromatic N) is 4. The zero-order valence-electron chi connectivity index (χ0n) is 12.4. The van der Waals surface area contributed by atoms with Crippen LogP contribution in [0.5, 0.6) is 0 Å². The fourth-order valence-corrected chi connectivity index (χ4v) is 2.75. The van der Waals surface area contributed by atoms with Crippen molar-refractivity contribution in [3.63, 3.8) is 0 Å². The third-order valence-corrected chi connectivity index (χ3v) is 3.87. The number of aromatic nitrogens is 1. The molecular weight excluding hydrogens is 283 g/mol. The molecule has 1 aromatic heterocycles. The van der Waals surface area contributed by atoms with Crippen LogP contribution < -0.4 is 4.90 Å². The predicted molar refractivity (Wildman–Crippen MR) is 79.8 cm³/mol. The van der Waals surface area contributed by atoms with E-state index in [0.29, 0.717) is 5.69 Å². The van der Waals surface area contributed by atoms with E-state index in [1.807, 2.05) is 19.1 Å². The second-order valence-corrected chi connectivity index (χ2v) is 5.44. The molecule has 0 N–H and O–H groups in total. The van der Waals surface area contributed by atoms with Crippen molar-refractivity contribution in [2.75, 3.05) is 31.1 Å². The van der Waals surface area contributed by atoms with Crippen LogP contribution in [0, 0.1) is 24.1 Å². The van der Waals surface area contributed by atoms with Crippen molar-refractivity contribution in [1.82, 2.24) is 10.1 Å². The van der Waals surface area contributed by atoms with Crippen LogP contribution in [0.1, 0.15) is 17.0 Å². The summed E-state index contributed by atoms with van der Waals surface area (Å²) in [5.41, 5.74) is 1.69. The normalized spacial score (nSPS) is 15.8. The molecule has 3 rings (SSSR count). The average molecular weight is 300 g/mol. The van der Waals surface area contributed by atoms with Gasteiger partial charge in [-0.05, 0) is 19.1 Å². The van der Waals surface area contributed by atoms with Gasteiger partial charge in [-0.15, -0.1) is 0 Å². The number of aryl methyl sites for hydroxylation is 1. The topological polar surface area (TPSA) is 56.3 Å². The Balaban J connectivity index is 1.65. The fraction of sp³-hybridized carbons (Fsp3) is 0.375. The van der Waals surface area contributed by atoms with Gasteiger partial charge in [0.15, 0.2) is 5.76 Å². The summed E-state index contributed by atoms with van der Waals surface area (Å²) >= 11 is 0. The number of rotatable bonds is 3. The molecule has 0 bridgehead atoms. The molecule has 1 aliphatic rings. The molecule has 0 spiro atoms.